The molecule has 1 aromatic carbocycles. The lowest BCUT2D eigenvalue weighted by atomic mass is 10.3. The van der Waals surface area contributed by atoms with Crippen LogP contribution in [0, 0.1) is 0 Å². The minimum Gasteiger partial charge on any atom is -0.308 e. The van der Waals surface area contributed by atoms with Crippen molar-refractivity contribution in [3.8, 4) is 0 Å². The number of rotatable bonds is 2. The Balaban J connectivity index is 1.87. The number of fused-ring (bicyclic) bond motifs is 1. The van der Waals surface area contributed by atoms with E-state index in [0.717, 1.165) is 0 Å². The number of halogens is 1. The first-order chi connectivity index (χ1) is 10.1. The second kappa shape index (κ2) is 5.52. The summed E-state index contributed by atoms with van der Waals surface area (Å²) < 4.78 is 1.31. The smallest absolute Gasteiger partial charge is 0.308 e. The minimum atomic E-state index is -0.455. The van der Waals surface area contributed by atoms with Gasteiger partial charge in [0.15, 0.2) is 11.5 Å². The number of H-pyrrole nitrogens is 1. The lowest BCUT2D eigenvalue weighted by Gasteiger charge is -2.07. The Hall–Kier alpha value is -2.43. The van der Waals surface area contributed by atoms with Crippen molar-refractivity contribution in [3.63, 3.8) is 0 Å². The van der Waals surface area contributed by atoms with Gasteiger partial charge < -0.3 is 10.3 Å². The number of carbonyl (C=O) groups is 1. The van der Waals surface area contributed by atoms with Crippen molar-refractivity contribution in [2.45, 2.75) is 0 Å². The summed E-state index contributed by atoms with van der Waals surface area (Å²) in [5, 5.41) is 5.25. The zero-order chi connectivity index (χ0) is 14.8. The molecule has 0 aliphatic carbocycles. The molecule has 0 atom stereocenters. The number of hydrogen-bond donors (Lipinski definition) is 3. The fourth-order valence-corrected chi connectivity index (χ4v) is 2.26. The molecule has 21 heavy (non-hydrogen) atoms. The van der Waals surface area contributed by atoms with Gasteiger partial charge in [-0.1, -0.05) is 18.2 Å². The molecule has 3 rings (SSSR count). The van der Waals surface area contributed by atoms with Gasteiger partial charge in [0.2, 0.25) is 0 Å². The van der Waals surface area contributed by atoms with Gasteiger partial charge in [0, 0.05) is 5.69 Å². The molecule has 2 aromatic heterocycles. The number of urea groups is 1. The molecule has 0 spiro atoms. The second-order valence-electron chi connectivity index (χ2n) is 4.08. The molecular weight excluding hydrogens is 387 g/mol. The Bertz CT molecular complexity index is 857. The highest BCUT2D eigenvalue weighted by Crippen LogP contribution is 2.16. The van der Waals surface area contributed by atoms with Gasteiger partial charge in [-0.3, -0.25) is 5.32 Å². The topological polar surface area (TPSA) is 105 Å². The van der Waals surface area contributed by atoms with Crippen molar-refractivity contribution in [2.24, 2.45) is 0 Å². The fourth-order valence-electron chi connectivity index (χ4n) is 1.78. The number of benzene rings is 1. The average molecular weight is 396 g/mol. The van der Waals surface area contributed by atoms with Gasteiger partial charge in [0.25, 0.3) is 0 Å². The zero-order valence-corrected chi connectivity index (χ0v) is 12.7. The van der Waals surface area contributed by atoms with E-state index in [2.05, 4.69) is 25.6 Å². The molecule has 2 heterocycles. The van der Waals surface area contributed by atoms with Crippen LogP contribution in [0.5, 0.6) is 0 Å². The largest absolute Gasteiger partial charge is 0.336 e. The predicted molar refractivity (Wildman–Crippen MR) is 86.7 cm³/mol. The Morgan fingerprint density at radius 2 is 1.95 bits per heavy atom. The summed E-state index contributed by atoms with van der Waals surface area (Å²) in [5.74, 6) is 0.237. The van der Waals surface area contributed by atoms with E-state index in [1.165, 1.54) is 9.11 Å². The molecule has 3 aromatic rings. The van der Waals surface area contributed by atoms with Crippen LogP contribution < -0.4 is 16.3 Å². The third-order valence-corrected chi connectivity index (χ3v) is 3.58. The molecule has 0 bridgehead atoms. The van der Waals surface area contributed by atoms with E-state index in [1.807, 2.05) is 41.1 Å². The van der Waals surface area contributed by atoms with Crippen molar-refractivity contribution < 1.29 is 4.79 Å². The summed E-state index contributed by atoms with van der Waals surface area (Å²) in [6.45, 7) is 0. The lowest BCUT2D eigenvalue weighted by Crippen LogP contribution is -2.20. The normalized spacial score (nSPS) is 10.5. The van der Waals surface area contributed by atoms with Gasteiger partial charge in [0.05, 0.1) is 22.9 Å². The Morgan fingerprint density at radius 3 is 2.71 bits per heavy atom. The first kappa shape index (κ1) is 13.5. The zero-order valence-electron chi connectivity index (χ0n) is 10.5. The van der Waals surface area contributed by atoms with Crippen molar-refractivity contribution in [1.29, 1.82) is 0 Å². The second-order valence-corrected chi connectivity index (χ2v) is 5.04. The molecular formula is C12H9IN6O2. The standard InChI is InChI=1S/C12H9IN6O2/c13-19-10-8(17-12(19)21)9(14-6-15-10)18-11(20)16-7-4-2-1-3-5-7/h1-6H,(H,17,21)(H2,14,15,16,18,20). The monoisotopic (exact) mass is 396 g/mol. The Kier molecular flexibility index (Phi) is 3.56. The molecule has 0 saturated carbocycles. The predicted octanol–water partition coefficient (Wildman–Crippen LogP) is 1.96. The van der Waals surface area contributed by atoms with Crippen LogP contribution in [-0.4, -0.2) is 23.8 Å². The molecule has 0 fully saturated rings. The van der Waals surface area contributed by atoms with E-state index in [9.17, 15) is 9.59 Å². The molecule has 0 aliphatic rings. The van der Waals surface area contributed by atoms with Gasteiger partial charge in [-0.15, -0.1) is 0 Å². The number of aromatic amines is 1. The number of amides is 2. The highest BCUT2D eigenvalue weighted by molar-refractivity contribution is 14.1. The molecule has 0 aliphatic heterocycles. The summed E-state index contributed by atoms with van der Waals surface area (Å²) in [5.41, 5.74) is 1.10. The highest BCUT2D eigenvalue weighted by atomic mass is 127. The lowest BCUT2D eigenvalue weighted by molar-refractivity contribution is 0.262. The van der Waals surface area contributed by atoms with Crippen LogP contribution in [0.15, 0.2) is 41.5 Å². The van der Waals surface area contributed by atoms with E-state index in [1.54, 1.807) is 12.1 Å². The number of carbonyl (C=O) groups excluding carboxylic acids is 1. The van der Waals surface area contributed by atoms with Gasteiger partial charge in [-0.05, 0) is 12.1 Å². The third-order valence-electron chi connectivity index (χ3n) is 2.69. The van der Waals surface area contributed by atoms with Gasteiger partial charge in [-0.25, -0.2) is 22.3 Å². The summed E-state index contributed by atoms with van der Waals surface area (Å²) in [4.78, 5) is 34.1. The van der Waals surface area contributed by atoms with Crippen LogP contribution in [0.2, 0.25) is 0 Å². The van der Waals surface area contributed by atoms with E-state index in [-0.39, 0.29) is 11.5 Å². The molecule has 3 N–H and O–H groups in total. The maximum absolute atomic E-state index is 11.9. The fraction of sp³-hybridized carbons (Fsp3) is 0. The van der Waals surface area contributed by atoms with Gasteiger partial charge in [0.1, 0.15) is 11.8 Å². The highest BCUT2D eigenvalue weighted by Gasteiger charge is 2.13. The number of para-hydroxylation sites is 1. The maximum atomic E-state index is 11.9. The number of aromatic nitrogens is 4. The van der Waals surface area contributed by atoms with Crippen molar-refractivity contribution in [3.05, 3.63) is 47.1 Å². The number of hydrogen-bond acceptors (Lipinski definition) is 4. The van der Waals surface area contributed by atoms with E-state index < -0.39 is 6.03 Å². The number of nitrogens with zero attached hydrogens (tertiary/aromatic N) is 3. The molecule has 9 heteroatoms. The third kappa shape index (κ3) is 2.72. The van der Waals surface area contributed by atoms with Crippen LogP contribution in [0.25, 0.3) is 11.2 Å². The SMILES string of the molecule is O=C(Nc1ccccc1)Nc1ncnc2c1[nH]c(=O)n2I. The van der Waals surface area contributed by atoms with Crippen LogP contribution >= 0.6 is 22.9 Å². The van der Waals surface area contributed by atoms with Crippen LogP contribution in [-0.2, 0) is 0 Å². The molecule has 106 valence electrons. The van der Waals surface area contributed by atoms with E-state index in [0.29, 0.717) is 16.9 Å². The maximum Gasteiger partial charge on any atom is 0.336 e. The summed E-state index contributed by atoms with van der Waals surface area (Å²) >= 11 is 1.82. The van der Waals surface area contributed by atoms with Crippen LogP contribution in [0.4, 0.5) is 16.3 Å². The summed E-state index contributed by atoms with van der Waals surface area (Å²) in [7, 11) is 0. The minimum absolute atomic E-state index is 0.237. The van der Waals surface area contributed by atoms with Gasteiger partial charge >= 0.3 is 11.7 Å². The van der Waals surface area contributed by atoms with E-state index >= 15 is 0 Å². The quantitative estimate of drug-likeness (QED) is 0.576. The van der Waals surface area contributed by atoms with Crippen LogP contribution in [0.1, 0.15) is 0 Å². The molecule has 0 saturated heterocycles. The molecule has 8 nitrogen and oxygen atoms in total. The van der Waals surface area contributed by atoms with E-state index in [4.69, 9.17) is 0 Å². The summed E-state index contributed by atoms with van der Waals surface area (Å²) in [6.07, 6.45) is 1.28. The van der Waals surface area contributed by atoms with Crippen molar-refractivity contribution in [2.75, 3.05) is 10.6 Å². The average Bonchev–Trinajstić information content (AvgIpc) is 2.77. The number of nitrogens with one attached hydrogen (secondary N) is 3. The van der Waals surface area contributed by atoms with Crippen LogP contribution in [0.3, 0.4) is 0 Å². The number of anilines is 2. The number of imidazole rings is 1. The molecule has 2 amide bonds. The van der Waals surface area contributed by atoms with Crippen molar-refractivity contribution in [1.82, 2.24) is 17.7 Å². The first-order valence-corrected chi connectivity index (χ1v) is 6.86. The molecule has 0 unspecified atom stereocenters. The Morgan fingerprint density at radius 1 is 1.19 bits per heavy atom. The molecule has 0 radical (unpaired) electrons. The summed E-state index contributed by atoms with van der Waals surface area (Å²) in [6, 6.07) is 8.54. The Labute approximate surface area is 132 Å². The van der Waals surface area contributed by atoms with Crippen molar-refractivity contribution >= 4 is 51.6 Å². The first-order valence-electron chi connectivity index (χ1n) is 5.90. The van der Waals surface area contributed by atoms with Gasteiger partial charge in [-0.2, -0.15) is 0 Å².